The second kappa shape index (κ2) is 10.0. The first kappa shape index (κ1) is 22.8. The van der Waals surface area contributed by atoms with Gasteiger partial charge in [-0.25, -0.2) is 0 Å². The number of hydrogen-bond donors (Lipinski definition) is 1. The second-order valence-electron chi connectivity index (χ2n) is 8.00. The highest BCUT2D eigenvalue weighted by Gasteiger charge is 2.43. The summed E-state index contributed by atoms with van der Waals surface area (Å²) in [6.07, 6.45) is 0.953. The lowest BCUT2D eigenvalue weighted by molar-refractivity contribution is -0.302. The van der Waals surface area contributed by atoms with Gasteiger partial charge in [-0.2, -0.15) is 0 Å². The van der Waals surface area contributed by atoms with Gasteiger partial charge in [-0.3, -0.25) is 4.90 Å². The van der Waals surface area contributed by atoms with Crippen molar-refractivity contribution in [2.45, 2.75) is 25.4 Å². The molecule has 5 heteroatoms. The number of nitrogens with zero attached hydrogens (tertiary/aromatic N) is 1. The number of carboxylic acid groups (broad SMARTS) is 1. The van der Waals surface area contributed by atoms with Crippen LogP contribution in [0.25, 0.3) is 0 Å². The summed E-state index contributed by atoms with van der Waals surface area (Å²) in [5.41, 5.74) is 4.64. The highest BCUT2D eigenvalue weighted by Crippen LogP contribution is 2.45. The molecule has 0 atom stereocenters. The van der Waals surface area contributed by atoms with Gasteiger partial charge in [0.25, 0.3) is 0 Å². The molecular weight excluding hydrogens is 430 g/mol. The summed E-state index contributed by atoms with van der Waals surface area (Å²) >= 11 is 1.52. The SMILES string of the molecule is CC(=O)[O-].Oc1cc2c(s1)CCN(C(c1ccccc1)(c1ccccc1)c1ccccc1)C2. The van der Waals surface area contributed by atoms with E-state index in [1.165, 1.54) is 38.5 Å². The molecule has 0 spiro atoms. The first-order valence-corrected chi connectivity index (χ1v) is 11.7. The normalized spacial score (nSPS) is 13.5. The van der Waals surface area contributed by atoms with Crippen molar-refractivity contribution >= 4 is 17.3 Å². The maximum absolute atomic E-state index is 10.1. The Labute approximate surface area is 198 Å². The van der Waals surface area contributed by atoms with Crippen molar-refractivity contribution in [2.24, 2.45) is 0 Å². The lowest BCUT2D eigenvalue weighted by atomic mass is 9.74. The molecule has 2 heterocycles. The van der Waals surface area contributed by atoms with E-state index >= 15 is 0 Å². The molecule has 1 aromatic heterocycles. The second-order valence-corrected chi connectivity index (χ2v) is 9.12. The molecule has 0 fully saturated rings. The third-order valence-electron chi connectivity index (χ3n) is 5.90. The van der Waals surface area contributed by atoms with Crippen LogP contribution in [0, 0.1) is 0 Å². The van der Waals surface area contributed by atoms with Crippen molar-refractivity contribution in [3.8, 4) is 5.06 Å². The van der Waals surface area contributed by atoms with Crippen molar-refractivity contribution < 1.29 is 15.0 Å². The van der Waals surface area contributed by atoms with Crippen LogP contribution in [0.1, 0.15) is 34.1 Å². The van der Waals surface area contributed by atoms with Crippen LogP contribution >= 0.6 is 11.3 Å². The van der Waals surface area contributed by atoms with Gasteiger partial charge in [0.15, 0.2) is 5.06 Å². The number of carbonyl (C=O) groups is 1. The van der Waals surface area contributed by atoms with Crippen LogP contribution in [0.4, 0.5) is 0 Å². The molecule has 33 heavy (non-hydrogen) atoms. The molecule has 168 valence electrons. The van der Waals surface area contributed by atoms with Crippen molar-refractivity contribution in [2.75, 3.05) is 6.54 Å². The van der Waals surface area contributed by atoms with E-state index in [4.69, 9.17) is 9.90 Å². The third kappa shape index (κ3) is 4.70. The van der Waals surface area contributed by atoms with Gasteiger partial charge < -0.3 is 15.0 Å². The topological polar surface area (TPSA) is 63.6 Å². The van der Waals surface area contributed by atoms with Gasteiger partial charge in [0.2, 0.25) is 0 Å². The number of carboxylic acids is 1. The lowest BCUT2D eigenvalue weighted by Gasteiger charge is -2.47. The van der Waals surface area contributed by atoms with Crippen LogP contribution in [0.5, 0.6) is 5.06 Å². The number of thiophene rings is 1. The average Bonchev–Trinajstić information content (AvgIpc) is 3.21. The Kier molecular flexibility index (Phi) is 6.92. The molecule has 4 nitrogen and oxygen atoms in total. The minimum Gasteiger partial charge on any atom is -0.550 e. The lowest BCUT2D eigenvalue weighted by Crippen LogP contribution is -2.49. The van der Waals surface area contributed by atoms with Gasteiger partial charge >= 0.3 is 0 Å². The van der Waals surface area contributed by atoms with Gasteiger partial charge in [0.05, 0.1) is 5.54 Å². The van der Waals surface area contributed by atoms with E-state index in [1.54, 1.807) is 0 Å². The molecule has 1 aliphatic rings. The van der Waals surface area contributed by atoms with Gasteiger partial charge in [0, 0.05) is 23.9 Å². The highest BCUT2D eigenvalue weighted by atomic mass is 32.1. The van der Waals surface area contributed by atoms with Crippen molar-refractivity contribution in [3.05, 3.63) is 124 Å². The van der Waals surface area contributed by atoms with Crippen LogP contribution in [0.15, 0.2) is 97.1 Å². The monoisotopic (exact) mass is 456 g/mol. The van der Waals surface area contributed by atoms with Crippen LogP contribution in [0.3, 0.4) is 0 Å². The van der Waals surface area contributed by atoms with Gasteiger partial charge in [-0.1, -0.05) is 91.0 Å². The summed E-state index contributed by atoms with van der Waals surface area (Å²) in [7, 11) is 0. The summed E-state index contributed by atoms with van der Waals surface area (Å²) in [6, 6.07) is 34.4. The molecule has 5 rings (SSSR count). The van der Waals surface area contributed by atoms with E-state index in [9.17, 15) is 5.11 Å². The number of benzene rings is 3. The maximum Gasteiger partial charge on any atom is 0.171 e. The van der Waals surface area contributed by atoms with E-state index < -0.39 is 5.97 Å². The van der Waals surface area contributed by atoms with Crippen LogP contribution in [0.2, 0.25) is 0 Å². The summed E-state index contributed by atoms with van der Waals surface area (Å²) in [4.78, 5) is 12.8. The zero-order valence-corrected chi connectivity index (χ0v) is 19.3. The van der Waals surface area contributed by atoms with Gasteiger partial charge in [-0.05, 0) is 41.7 Å². The molecular formula is C28H26NO3S-. The minimum atomic E-state index is -1.08. The molecule has 1 N–H and O–H groups in total. The van der Waals surface area contributed by atoms with Crippen LogP contribution in [-0.4, -0.2) is 22.5 Å². The number of hydrogen-bond acceptors (Lipinski definition) is 5. The van der Waals surface area contributed by atoms with E-state index in [0.717, 1.165) is 26.4 Å². The fourth-order valence-electron chi connectivity index (χ4n) is 4.69. The van der Waals surface area contributed by atoms with E-state index in [2.05, 4.69) is 95.9 Å². The third-order valence-corrected chi connectivity index (χ3v) is 6.94. The molecule has 1 aliphatic heterocycles. The summed E-state index contributed by atoms with van der Waals surface area (Å²) in [6.45, 7) is 2.72. The van der Waals surface area contributed by atoms with Crippen molar-refractivity contribution in [1.82, 2.24) is 4.90 Å². The van der Waals surface area contributed by atoms with Gasteiger partial charge in [0.1, 0.15) is 0 Å². The fourth-order valence-corrected chi connectivity index (χ4v) is 5.59. The first-order chi connectivity index (χ1) is 16.0. The van der Waals surface area contributed by atoms with E-state index in [-0.39, 0.29) is 5.54 Å². The molecule has 0 unspecified atom stereocenters. The van der Waals surface area contributed by atoms with Crippen LogP contribution in [-0.2, 0) is 23.3 Å². The van der Waals surface area contributed by atoms with Crippen LogP contribution < -0.4 is 5.11 Å². The first-order valence-electron chi connectivity index (χ1n) is 10.9. The standard InChI is InChI=1S/C26H23NOS.C2H4O2/c28-25-18-20-19-27(17-16-24(20)29-25)26(21-10-4-1-5-11-21,22-12-6-2-7-13-22)23-14-8-3-9-15-23;1-2(3)4/h1-15,18,28H,16-17,19H2;1H3,(H,3,4)/p-1. The molecule has 0 saturated heterocycles. The Morgan fingerprint density at radius 3 is 1.73 bits per heavy atom. The predicted octanol–water partition coefficient (Wildman–Crippen LogP) is 4.56. The summed E-state index contributed by atoms with van der Waals surface area (Å²) in [5, 5.41) is 19.4. The minimum absolute atomic E-state index is 0.390. The van der Waals surface area contributed by atoms with E-state index in [1.807, 2.05) is 6.07 Å². The number of fused-ring (bicyclic) bond motifs is 1. The average molecular weight is 457 g/mol. The number of carbonyl (C=O) groups excluding carboxylic acids is 1. The van der Waals surface area contributed by atoms with Crippen molar-refractivity contribution in [3.63, 3.8) is 0 Å². The number of aliphatic carboxylic acids is 1. The van der Waals surface area contributed by atoms with Crippen molar-refractivity contribution in [1.29, 1.82) is 0 Å². The Hall–Kier alpha value is -3.41. The smallest absolute Gasteiger partial charge is 0.171 e. The molecule has 0 radical (unpaired) electrons. The van der Waals surface area contributed by atoms with E-state index in [0.29, 0.717) is 5.06 Å². The fraction of sp³-hybridized carbons (Fsp3) is 0.179. The summed E-state index contributed by atoms with van der Waals surface area (Å²) in [5.74, 6) is -1.08. The Morgan fingerprint density at radius 2 is 1.30 bits per heavy atom. The summed E-state index contributed by atoms with van der Waals surface area (Å²) < 4.78 is 0. The molecule has 4 aromatic rings. The highest BCUT2D eigenvalue weighted by molar-refractivity contribution is 7.13. The number of aromatic hydroxyl groups is 1. The molecule has 3 aromatic carbocycles. The number of rotatable bonds is 4. The quantitative estimate of drug-likeness (QED) is 0.457. The molecule has 0 saturated carbocycles. The Balaban J connectivity index is 0.000000601. The maximum atomic E-state index is 10.1. The Bertz CT molecular complexity index is 1090. The molecule has 0 bridgehead atoms. The zero-order chi connectivity index (χ0) is 23.3. The van der Waals surface area contributed by atoms with Gasteiger partial charge in [-0.15, -0.1) is 11.3 Å². The predicted molar refractivity (Wildman–Crippen MR) is 130 cm³/mol. The molecule has 0 aliphatic carbocycles. The molecule has 0 amide bonds. The zero-order valence-electron chi connectivity index (χ0n) is 18.5. The Morgan fingerprint density at radius 1 is 0.879 bits per heavy atom. The largest absolute Gasteiger partial charge is 0.550 e.